The van der Waals surface area contributed by atoms with E-state index in [1.54, 1.807) is 12.1 Å². The van der Waals surface area contributed by atoms with Gasteiger partial charge in [-0.2, -0.15) is 0 Å². The molecular formula is C14H19FN2. The fourth-order valence-electron chi connectivity index (χ4n) is 2.11. The molecule has 2 aromatic rings. The molecule has 0 spiro atoms. The highest BCUT2D eigenvalue weighted by atomic mass is 19.1. The molecule has 1 aromatic carbocycles. The summed E-state index contributed by atoms with van der Waals surface area (Å²) in [5.41, 5.74) is 3.10. The summed E-state index contributed by atoms with van der Waals surface area (Å²) in [7, 11) is 0. The van der Waals surface area contributed by atoms with Crippen LogP contribution in [0.1, 0.15) is 37.6 Å². The van der Waals surface area contributed by atoms with Crippen molar-refractivity contribution in [2.45, 2.75) is 33.2 Å². The van der Waals surface area contributed by atoms with Gasteiger partial charge < -0.3 is 10.3 Å². The molecule has 1 heterocycles. The van der Waals surface area contributed by atoms with E-state index in [2.05, 4.69) is 24.1 Å². The Labute approximate surface area is 101 Å². The molecule has 0 saturated heterocycles. The summed E-state index contributed by atoms with van der Waals surface area (Å²) >= 11 is 0. The fourth-order valence-corrected chi connectivity index (χ4v) is 2.11. The van der Waals surface area contributed by atoms with Crippen molar-refractivity contribution < 1.29 is 4.39 Å². The minimum atomic E-state index is -0.172. The molecule has 0 bridgehead atoms. The zero-order valence-corrected chi connectivity index (χ0v) is 10.6. The van der Waals surface area contributed by atoms with Crippen LogP contribution in [0.5, 0.6) is 0 Å². The van der Waals surface area contributed by atoms with Gasteiger partial charge >= 0.3 is 0 Å². The molecule has 0 amide bonds. The van der Waals surface area contributed by atoms with Gasteiger partial charge in [-0.15, -0.1) is 0 Å². The van der Waals surface area contributed by atoms with Crippen LogP contribution in [0, 0.1) is 12.7 Å². The van der Waals surface area contributed by atoms with Crippen LogP contribution in [0.25, 0.3) is 10.9 Å². The molecule has 2 rings (SSSR count). The highest BCUT2D eigenvalue weighted by Gasteiger charge is 2.10. The van der Waals surface area contributed by atoms with Crippen LogP contribution >= 0.6 is 0 Å². The van der Waals surface area contributed by atoms with Gasteiger partial charge in [0.1, 0.15) is 5.82 Å². The van der Waals surface area contributed by atoms with Crippen LogP contribution in [-0.2, 0) is 0 Å². The number of benzene rings is 1. The van der Waals surface area contributed by atoms with Crippen molar-refractivity contribution in [3.8, 4) is 0 Å². The summed E-state index contributed by atoms with van der Waals surface area (Å²) in [5, 5.41) is 4.37. The molecule has 1 aromatic heterocycles. The number of aromatic amines is 1. The van der Waals surface area contributed by atoms with E-state index in [4.69, 9.17) is 0 Å². The monoisotopic (exact) mass is 234 g/mol. The summed E-state index contributed by atoms with van der Waals surface area (Å²) in [6.45, 7) is 7.18. The Morgan fingerprint density at radius 1 is 1.35 bits per heavy atom. The van der Waals surface area contributed by atoms with Gasteiger partial charge in [0.2, 0.25) is 0 Å². The number of fused-ring (bicyclic) bond motifs is 1. The lowest BCUT2D eigenvalue weighted by atomic mass is 10.1. The molecule has 0 aliphatic carbocycles. The number of hydrogen-bond acceptors (Lipinski definition) is 1. The first-order chi connectivity index (χ1) is 8.11. The van der Waals surface area contributed by atoms with Gasteiger partial charge in [-0.3, -0.25) is 0 Å². The zero-order chi connectivity index (χ0) is 12.4. The van der Waals surface area contributed by atoms with E-state index in [9.17, 15) is 4.39 Å². The molecule has 0 radical (unpaired) electrons. The highest BCUT2D eigenvalue weighted by Crippen LogP contribution is 2.23. The first-order valence-corrected chi connectivity index (χ1v) is 6.14. The van der Waals surface area contributed by atoms with E-state index in [1.807, 2.05) is 13.0 Å². The summed E-state index contributed by atoms with van der Waals surface area (Å²) in [6.07, 6.45) is 1.11. The van der Waals surface area contributed by atoms with Gasteiger partial charge in [0.05, 0.1) is 0 Å². The van der Waals surface area contributed by atoms with Gasteiger partial charge in [0, 0.05) is 22.6 Å². The predicted octanol–water partition coefficient (Wildman–Crippen LogP) is 3.68. The SMILES string of the molecule is CCCNC(C)c1cc2cc(F)cc(C)c2[nH]1. The molecule has 2 nitrogen and oxygen atoms in total. The summed E-state index contributed by atoms with van der Waals surface area (Å²) in [5.74, 6) is -0.172. The molecule has 0 aliphatic heterocycles. The first kappa shape index (κ1) is 12.1. The molecule has 0 saturated carbocycles. The Kier molecular flexibility index (Phi) is 3.48. The van der Waals surface area contributed by atoms with Crippen molar-refractivity contribution in [2.75, 3.05) is 6.54 Å². The third-order valence-corrected chi connectivity index (χ3v) is 3.08. The van der Waals surface area contributed by atoms with Crippen LogP contribution in [0.15, 0.2) is 18.2 Å². The predicted molar refractivity (Wildman–Crippen MR) is 69.7 cm³/mol. The van der Waals surface area contributed by atoms with Crippen LogP contribution in [-0.4, -0.2) is 11.5 Å². The van der Waals surface area contributed by atoms with E-state index in [-0.39, 0.29) is 11.9 Å². The standard InChI is InChI=1S/C14H19FN2/c1-4-5-16-10(3)13-8-11-7-12(15)6-9(2)14(11)17-13/h6-8,10,16-17H,4-5H2,1-3H3. The van der Waals surface area contributed by atoms with Gasteiger partial charge in [0.25, 0.3) is 0 Å². The first-order valence-electron chi connectivity index (χ1n) is 6.14. The molecule has 1 unspecified atom stereocenters. The summed E-state index contributed by atoms with van der Waals surface area (Å²) in [6, 6.07) is 5.44. The minimum Gasteiger partial charge on any atom is -0.357 e. The minimum absolute atomic E-state index is 0.172. The van der Waals surface area contributed by atoms with E-state index in [0.29, 0.717) is 0 Å². The molecule has 3 heteroatoms. The smallest absolute Gasteiger partial charge is 0.124 e. The Morgan fingerprint density at radius 2 is 2.12 bits per heavy atom. The van der Waals surface area contributed by atoms with Gasteiger partial charge in [-0.25, -0.2) is 4.39 Å². The number of aromatic nitrogens is 1. The molecule has 1 atom stereocenters. The Balaban J connectivity index is 2.34. The van der Waals surface area contributed by atoms with Gasteiger partial charge in [-0.05, 0) is 50.6 Å². The average molecular weight is 234 g/mol. The highest BCUT2D eigenvalue weighted by molar-refractivity contribution is 5.83. The number of H-pyrrole nitrogens is 1. The second-order valence-corrected chi connectivity index (χ2v) is 4.59. The van der Waals surface area contributed by atoms with Crippen LogP contribution in [0.3, 0.4) is 0 Å². The Bertz CT molecular complexity index is 516. The molecule has 0 fully saturated rings. The van der Waals surface area contributed by atoms with Crippen LogP contribution in [0.4, 0.5) is 4.39 Å². The van der Waals surface area contributed by atoms with E-state index >= 15 is 0 Å². The molecule has 92 valence electrons. The van der Waals surface area contributed by atoms with Crippen molar-refractivity contribution in [3.63, 3.8) is 0 Å². The van der Waals surface area contributed by atoms with E-state index < -0.39 is 0 Å². The number of rotatable bonds is 4. The third-order valence-electron chi connectivity index (χ3n) is 3.08. The molecular weight excluding hydrogens is 215 g/mol. The van der Waals surface area contributed by atoms with Gasteiger partial charge in [0.15, 0.2) is 0 Å². The van der Waals surface area contributed by atoms with Crippen molar-refractivity contribution in [1.29, 1.82) is 0 Å². The quantitative estimate of drug-likeness (QED) is 0.830. The molecule has 17 heavy (non-hydrogen) atoms. The lowest BCUT2D eigenvalue weighted by molar-refractivity contribution is 0.561. The lowest BCUT2D eigenvalue weighted by Gasteiger charge is -2.10. The molecule has 0 aliphatic rings. The van der Waals surface area contributed by atoms with Crippen molar-refractivity contribution in [1.82, 2.24) is 10.3 Å². The molecule has 2 N–H and O–H groups in total. The topological polar surface area (TPSA) is 27.8 Å². The lowest BCUT2D eigenvalue weighted by Crippen LogP contribution is -2.19. The largest absolute Gasteiger partial charge is 0.357 e. The van der Waals surface area contributed by atoms with Gasteiger partial charge in [-0.1, -0.05) is 6.92 Å². The maximum absolute atomic E-state index is 13.3. The third kappa shape index (κ3) is 2.50. The normalized spacial score (nSPS) is 13.2. The van der Waals surface area contributed by atoms with E-state index in [1.165, 1.54) is 0 Å². The maximum Gasteiger partial charge on any atom is 0.124 e. The maximum atomic E-state index is 13.3. The fraction of sp³-hybridized carbons (Fsp3) is 0.429. The Hall–Kier alpha value is -1.35. The Morgan fingerprint density at radius 3 is 2.82 bits per heavy atom. The average Bonchev–Trinajstić information content (AvgIpc) is 2.69. The zero-order valence-electron chi connectivity index (χ0n) is 10.6. The number of hydrogen-bond donors (Lipinski definition) is 2. The summed E-state index contributed by atoms with van der Waals surface area (Å²) < 4.78 is 13.3. The number of nitrogens with one attached hydrogen (secondary N) is 2. The van der Waals surface area contributed by atoms with Crippen molar-refractivity contribution in [3.05, 3.63) is 35.3 Å². The second-order valence-electron chi connectivity index (χ2n) is 4.59. The van der Waals surface area contributed by atoms with Crippen LogP contribution in [0.2, 0.25) is 0 Å². The summed E-state index contributed by atoms with van der Waals surface area (Å²) in [4.78, 5) is 3.37. The second kappa shape index (κ2) is 4.88. The van der Waals surface area contributed by atoms with Crippen molar-refractivity contribution in [2.24, 2.45) is 0 Å². The number of aryl methyl sites for hydroxylation is 1. The van der Waals surface area contributed by atoms with Crippen molar-refractivity contribution >= 4 is 10.9 Å². The number of halogens is 1. The van der Waals surface area contributed by atoms with Crippen LogP contribution < -0.4 is 5.32 Å². The van der Waals surface area contributed by atoms with E-state index in [0.717, 1.165) is 35.1 Å².